The van der Waals surface area contributed by atoms with Crippen LogP contribution in [0.15, 0.2) is 119 Å². The van der Waals surface area contributed by atoms with E-state index in [1.807, 2.05) is 13.0 Å². The molecule has 0 bridgehead atoms. The zero-order valence-corrected chi connectivity index (χ0v) is 26.3. The van der Waals surface area contributed by atoms with E-state index in [0.717, 1.165) is 17.1 Å². The average Bonchev–Trinajstić information content (AvgIpc) is 3.68. The second-order valence-electron chi connectivity index (χ2n) is 10.8. The molecule has 2 unspecified atom stereocenters. The van der Waals surface area contributed by atoms with Crippen LogP contribution in [0.4, 0.5) is 0 Å². The van der Waals surface area contributed by atoms with Gasteiger partial charge in [0.2, 0.25) is 0 Å². The van der Waals surface area contributed by atoms with Crippen molar-refractivity contribution < 1.29 is 22.3 Å². The van der Waals surface area contributed by atoms with Crippen LogP contribution in [0.3, 0.4) is 0 Å². The molecule has 40 heavy (non-hydrogen) atoms. The van der Waals surface area contributed by atoms with Crippen molar-refractivity contribution in [2.45, 2.75) is 21.1 Å². The van der Waals surface area contributed by atoms with Crippen LogP contribution in [0.1, 0.15) is 47.9 Å². The van der Waals surface area contributed by atoms with Gasteiger partial charge in [0.25, 0.3) is 0 Å². The number of fused-ring (bicyclic) bond motifs is 2. The van der Waals surface area contributed by atoms with E-state index in [0.29, 0.717) is 0 Å². The first kappa shape index (κ1) is 26.0. The molecule has 0 amide bonds. The van der Waals surface area contributed by atoms with Crippen LogP contribution >= 0.6 is 17.0 Å². The standard InChI is InChI=1S/C20H15O.C16H13.2ClH.Zr/c1-14-10-11-20(21-14)17-12-16-8-5-9-18(19(16)13-17)15-6-3-2-4-7-15;1-12-10-14-8-5-9-15(16(14)11-12)13-6-3-2-4-7-13;;;/h2-13H,1H3;2-11H,1H3;2*1H;/q;;;;+2/p-2. The number of rotatable bonds is 5. The molecular formula is C36H28Cl2OZr. The van der Waals surface area contributed by atoms with Gasteiger partial charge in [-0.25, -0.2) is 0 Å². The molecule has 1 nitrogen and oxygen atoms in total. The summed E-state index contributed by atoms with van der Waals surface area (Å²) in [5.41, 5.74) is 12.1. The van der Waals surface area contributed by atoms with Crippen molar-refractivity contribution in [2.24, 2.45) is 0 Å². The number of allylic oxidation sites excluding steroid dienone is 2. The van der Waals surface area contributed by atoms with E-state index in [9.17, 15) is 0 Å². The van der Waals surface area contributed by atoms with Crippen LogP contribution in [0.5, 0.6) is 0 Å². The zero-order chi connectivity index (χ0) is 27.4. The monoisotopic (exact) mass is 636 g/mol. The predicted molar refractivity (Wildman–Crippen MR) is 166 cm³/mol. The van der Waals surface area contributed by atoms with E-state index in [4.69, 9.17) is 21.4 Å². The Balaban J connectivity index is 1.40. The molecule has 1 heterocycles. The molecule has 0 radical (unpaired) electrons. The van der Waals surface area contributed by atoms with Crippen molar-refractivity contribution in [3.05, 3.63) is 149 Å². The van der Waals surface area contributed by atoms with Gasteiger partial charge in [-0.05, 0) is 0 Å². The van der Waals surface area contributed by atoms with Crippen LogP contribution in [0.25, 0.3) is 40.0 Å². The second kappa shape index (κ2) is 10.2. The Morgan fingerprint density at radius 3 is 1.68 bits per heavy atom. The average molecular weight is 639 g/mol. The number of furan rings is 1. The number of hydrogen-bond acceptors (Lipinski definition) is 1. The van der Waals surface area contributed by atoms with Gasteiger partial charge in [-0.1, -0.05) is 0 Å². The van der Waals surface area contributed by atoms with Gasteiger partial charge in [0.15, 0.2) is 0 Å². The van der Waals surface area contributed by atoms with Crippen molar-refractivity contribution in [1.82, 2.24) is 0 Å². The van der Waals surface area contributed by atoms with Crippen LogP contribution in [0.2, 0.25) is 0 Å². The Bertz CT molecular complexity index is 1800. The minimum atomic E-state index is -4.15. The molecule has 7 rings (SSSR count). The molecule has 0 saturated carbocycles. The predicted octanol–water partition coefficient (Wildman–Crippen LogP) is 11.1. The van der Waals surface area contributed by atoms with Crippen molar-refractivity contribution in [3.63, 3.8) is 0 Å². The molecule has 2 atom stereocenters. The molecule has 5 aromatic rings. The van der Waals surface area contributed by atoms with E-state index < -0.39 is 17.9 Å². The maximum atomic E-state index is 7.90. The Morgan fingerprint density at radius 1 is 0.575 bits per heavy atom. The van der Waals surface area contributed by atoms with Crippen LogP contribution in [-0.2, 0) is 17.9 Å². The Labute approximate surface area is 247 Å². The number of halogens is 2. The quantitative estimate of drug-likeness (QED) is 0.187. The summed E-state index contributed by atoms with van der Waals surface area (Å²) in [5.74, 6) is 1.74. The first-order valence-electron chi connectivity index (χ1n) is 13.6. The van der Waals surface area contributed by atoms with Crippen molar-refractivity contribution >= 4 is 34.8 Å². The molecule has 0 saturated heterocycles. The molecule has 0 spiro atoms. The van der Waals surface area contributed by atoms with Gasteiger partial charge >= 0.3 is 249 Å². The first-order chi connectivity index (χ1) is 19.4. The van der Waals surface area contributed by atoms with E-state index in [2.05, 4.69) is 122 Å². The first-order valence-corrected chi connectivity index (χ1v) is 22.8. The van der Waals surface area contributed by atoms with Crippen LogP contribution in [0, 0.1) is 6.92 Å². The van der Waals surface area contributed by atoms with Gasteiger partial charge in [-0.15, -0.1) is 0 Å². The van der Waals surface area contributed by atoms with Crippen LogP contribution in [-0.4, -0.2) is 0 Å². The summed E-state index contributed by atoms with van der Waals surface area (Å²) in [4.78, 5) is 0. The molecule has 0 fully saturated rings. The number of benzene rings is 4. The van der Waals surface area contributed by atoms with Crippen molar-refractivity contribution in [2.75, 3.05) is 0 Å². The van der Waals surface area contributed by atoms with Gasteiger partial charge in [0.05, 0.1) is 0 Å². The second-order valence-corrected chi connectivity index (χ2v) is 25.5. The summed E-state index contributed by atoms with van der Waals surface area (Å²) in [6.45, 7) is 4.19. The molecule has 4 heteroatoms. The van der Waals surface area contributed by atoms with Gasteiger partial charge < -0.3 is 0 Å². The topological polar surface area (TPSA) is 13.1 Å². The fourth-order valence-electron chi connectivity index (χ4n) is 6.59. The summed E-state index contributed by atoms with van der Waals surface area (Å²) in [6.07, 6.45) is 4.60. The SMILES string of the molecule is CC1=Cc2c(-c3ccccc3)cccc2[CH]1[Zr]([Cl])([Cl])[CH]1C(c2ccc(C)o2)=Cc2c(-c3ccccc3)cccc21. The third kappa shape index (κ3) is 4.24. The van der Waals surface area contributed by atoms with Gasteiger partial charge in [0.1, 0.15) is 0 Å². The van der Waals surface area contributed by atoms with E-state index in [1.165, 1.54) is 50.1 Å². The third-order valence-corrected chi connectivity index (χ3v) is 20.7. The molecule has 196 valence electrons. The maximum absolute atomic E-state index is 7.90. The number of hydrogen-bond donors (Lipinski definition) is 0. The Kier molecular flexibility index (Phi) is 6.63. The summed E-state index contributed by atoms with van der Waals surface area (Å²) in [7, 11) is 15.8. The van der Waals surface area contributed by atoms with E-state index in [-0.39, 0.29) is 7.25 Å². The molecule has 2 aliphatic rings. The molecular weight excluding hydrogens is 611 g/mol. The molecule has 0 aliphatic heterocycles. The van der Waals surface area contributed by atoms with Gasteiger partial charge in [-0.3, -0.25) is 0 Å². The third-order valence-electron chi connectivity index (χ3n) is 8.30. The van der Waals surface area contributed by atoms with Gasteiger partial charge in [0, 0.05) is 0 Å². The van der Waals surface area contributed by atoms with E-state index in [1.54, 1.807) is 0 Å². The number of aryl methyl sites for hydroxylation is 1. The Hall–Kier alpha value is -2.90. The van der Waals surface area contributed by atoms with Crippen LogP contribution < -0.4 is 0 Å². The van der Waals surface area contributed by atoms with Crippen molar-refractivity contribution in [1.29, 1.82) is 0 Å². The normalized spacial score (nSPS) is 17.8. The van der Waals surface area contributed by atoms with Crippen molar-refractivity contribution in [3.8, 4) is 22.3 Å². The summed E-state index contributed by atoms with van der Waals surface area (Å²) in [6, 6.07) is 38.4. The molecule has 1 aromatic heterocycles. The molecule has 2 aliphatic carbocycles. The fourth-order valence-corrected chi connectivity index (χ4v) is 20.2. The summed E-state index contributed by atoms with van der Waals surface area (Å²) in [5, 5.41) is 0. The summed E-state index contributed by atoms with van der Waals surface area (Å²) >= 11 is -4.15. The zero-order valence-electron chi connectivity index (χ0n) is 22.4. The van der Waals surface area contributed by atoms with E-state index >= 15 is 0 Å². The minimum absolute atomic E-state index is 0.0205. The molecule has 0 N–H and O–H groups in total. The summed E-state index contributed by atoms with van der Waals surface area (Å²) < 4.78 is 6.18. The van der Waals surface area contributed by atoms with Gasteiger partial charge in [-0.2, -0.15) is 0 Å². The fraction of sp³-hybridized carbons (Fsp3) is 0.111. The molecule has 4 aromatic carbocycles. The Morgan fingerprint density at radius 2 is 1.12 bits per heavy atom.